The molecule has 6 heteroatoms. The number of nitrogens with zero attached hydrogens (tertiary/aromatic N) is 2. The zero-order valence-corrected chi connectivity index (χ0v) is 10.9. The molecule has 0 aliphatic heterocycles. The average molecular weight is 281 g/mol. The minimum atomic E-state index is -0.444. The fourth-order valence-corrected chi connectivity index (χ4v) is 2.09. The SMILES string of the molecule is O=[N+]([O-])c1cccc(-c2cc(-c3ccccc3O)[nH]n2)c1. The van der Waals surface area contributed by atoms with Gasteiger partial charge >= 0.3 is 0 Å². The summed E-state index contributed by atoms with van der Waals surface area (Å²) >= 11 is 0. The first kappa shape index (κ1) is 12.9. The molecule has 0 amide bonds. The summed E-state index contributed by atoms with van der Waals surface area (Å²) in [4.78, 5) is 10.4. The van der Waals surface area contributed by atoms with Crippen molar-refractivity contribution in [2.75, 3.05) is 0 Å². The summed E-state index contributed by atoms with van der Waals surface area (Å²) in [5.41, 5.74) is 2.51. The molecule has 0 atom stereocenters. The van der Waals surface area contributed by atoms with Gasteiger partial charge < -0.3 is 5.11 Å². The first-order chi connectivity index (χ1) is 10.1. The van der Waals surface area contributed by atoms with Crippen LogP contribution in [-0.4, -0.2) is 20.2 Å². The number of aromatic nitrogens is 2. The summed E-state index contributed by atoms with van der Waals surface area (Å²) in [5, 5.41) is 27.6. The first-order valence-electron chi connectivity index (χ1n) is 6.24. The summed E-state index contributed by atoms with van der Waals surface area (Å²) in [6, 6.07) is 14.9. The lowest BCUT2D eigenvalue weighted by molar-refractivity contribution is -0.384. The van der Waals surface area contributed by atoms with E-state index in [2.05, 4.69) is 10.2 Å². The van der Waals surface area contributed by atoms with Gasteiger partial charge in [-0.1, -0.05) is 24.3 Å². The van der Waals surface area contributed by atoms with Crippen molar-refractivity contribution in [2.24, 2.45) is 0 Å². The van der Waals surface area contributed by atoms with Crippen LogP contribution in [0.1, 0.15) is 0 Å². The van der Waals surface area contributed by atoms with Crippen LogP contribution >= 0.6 is 0 Å². The number of benzene rings is 2. The topological polar surface area (TPSA) is 92.0 Å². The van der Waals surface area contributed by atoms with E-state index in [4.69, 9.17) is 0 Å². The van der Waals surface area contributed by atoms with E-state index in [-0.39, 0.29) is 11.4 Å². The monoisotopic (exact) mass is 281 g/mol. The number of non-ortho nitro benzene ring substituents is 1. The highest BCUT2D eigenvalue weighted by molar-refractivity contribution is 5.72. The minimum Gasteiger partial charge on any atom is -0.507 e. The largest absolute Gasteiger partial charge is 0.507 e. The van der Waals surface area contributed by atoms with Crippen LogP contribution in [0.4, 0.5) is 5.69 Å². The molecule has 21 heavy (non-hydrogen) atoms. The normalized spacial score (nSPS) is 10.5. The molecule has 0 saturated carbocycles. The van der Waals surface area contributed by atoms with Crippen molar-refractivity contribution in [3.05, 3.63) is 64.7 Å². The van der Waals surface area contributed by atoms with Crippen LogP contribution in [0, 0.1) is 10.1 Å². The number of aromatic hydroxyl groups is 1. The highest BCUT2D eigenvalue weighted by Gasteiger charge is 2.11. The number of rotatable bonds is 3. The fourth-order valence-electron chi connectivity index (χ4n) is 2.09. The van der Waals surface area contributed by atoms with Crippen molar-refractivity contribution in [2.45, 2.75) is 0 Å². The second-order valence-corrected chi connectivity index (χ2v) is 4.49. The van der Waals surface area contributed by atoms with E-state index in [1.807, 2.05) is 6.07 Å². The molecule has 104 valence electrons. The summed E-state index contributed by atoms with van der Waals surface area (Å²) in [7, 11) is 0. The molecule has 0 spiro atoms. The number of H-pyrrole nitrogens is 1. The maximum atomic E-state index is 10.8. The zero-order chi connectivity index (χ0) is 14.8. The second kappa shape index (κ2) is 5.09. The van der Waals surface area contributed by atoms with E-state index in [0.29, 0.717) is 22.5 Å². The van der Waals surface area contributed by atoms with E-state index in [9.17, 15) is 15.2 Å². The van der Waals surface area contributed by atoms with Crippen molar-refractivity contribution in [3.8, 4) is 28.3 Å². The Labute approximate surface area is 119 Å². The Morgan fingerprint density at radius 2 is 1.90 bits per heavy atom. The number of hydrogen-bond donors (Lipinski definition) is 2. The van der Waals surface area contributed by atoms with Gasteiger partial charge in [0.05, 0.1) is 16.3 Å². The maximum Gasteiger partial charge on any atom is 0.270 e. The van der Waals surface area contributed by atoms with Crippen molar-refractivity contribution in [3.63, 3.8) is 0 Å². The van der Waals surface area contributed by atoms with Crippen LogP contribution < -0.4 is 0 Å². The Morgan fingerprint density at radius 3 is 2.67 bits per heavy atom. The number of nitro benzene ring substituents is 1. The van der Waals surface area contributed by atoms with Crippen molar-refractivity contribution >= 4 is 5.69 Å². The Morgan fingerprint density at radius 1 is 1.10 bits per heavy atom. The number of hydrogen-bond acceptors (Lipinski definition) is 4. The van der Waals surface area contributed by atoms with Gasteiger partial charge in [0.15, 0.2) is 0 Å². The number of aromatic amines is 1. The Hall–Kier alpha value is -3.15. The number of para-hydroxylation sites is 1. The van der Waals surface area contributed by atoms with Gasteiger partial charge in [-0.15, -0.1) is 0 Å². The van der Waals surface area contributed by atoms with E-state index >= 15 is 0 Å². The average Bonchev–Trinajstić information content (AvgIpc) is 2.97. The number of phenolic OH excluding ortho intramolecular Hbond substituents is 1. The Balaban J connectivity index is 2.01. The molecule has 3 aromatic rings. The first-order valence-corrected chi connectivity index (χ1v) is 6.24. The molecular formula is C15H11N3O3. The predicted molar refractivity (Wildman–Crippen MR) is 77.8 cm³/mol. The van der Waals surface area contributed by atoms with Crippen LogP contribution in [0.3, 0.4) is 0 Å². The molecule has 0 saturated heterocycles. The molecule has 0 bridgehead atoms. The van der Waals surface area contributed by atoms with Gasteiger partial charge in [-0.3, -0.25) is 15.2 Å². The van der Waals surface area contributed by atoms with Gasteiger partial charge in [0, 0.05) is 23.3 Å². The minimum absolute atomic E-state index is 0.0135. The van der Waals surface area contributed by atoms with Crippen LogP contribution in [0.25, 0.3) is 22.5 Å². The molecule has 0 unspecified atom stereocenters. The number of nitrogens with one attached hydrogen (secondary N) is 1. The van der Waals surface area contributed by atoms with E-state index in [1.54, 1.807) is 36.4 Å². The highest BCUT2D eigenvalue weighted by Crippen LogP contribution is 2.30. The van der Waals surface area contributed by atoms with Gasteiger partial charge in [-0.25, -0.2) is 0 Å². The third-order valence-electron chi connectivity index (χ3n) is 3.12. The zero-order valence-electron chi connectivity index (χ0n) is 10.9. The molecule has 6 nitrogen and oxygen atoms in total. The van der Waals surface area contributed by atoms with Gasteiger partial charge in [0.25, 0.3) is 5.69 Å². The maximum absolute atomic E-state index is 10.8. The van der Waals surface area contributed by atoms with E-state index in [1.165, 1.54) is 12.1 Å². The van der Waals surface area contributed by atoms with Crippen LogP contribution in [0.15, 0.2) is 54.6 Å². The Kier molecular flexibility index (Phi) is 3.12. The highest BCUT2D eigenvalue weighted by atomic mass is 16.6. The van der Waals surface area contributed by atoms with E-state index < -0.39 is 4.92 Å². The molecule has 0 aliphatic carbocycles. The van der Waals surface area contributed by atoms with Crippen molar-refractivity contribution < 1.29 is 10.0 Å². The standard InChI is InChI=1S/C15H11N3O3/c19-15-7-2-1-6-12(15)14-9-13(16-17-14)10-4-3-5-11(8-10)18(20)21/h1-9,19H,(H,16,17). The van der Waals surface area contributed by atoms with Crippen LogP contribution in [-0.2, 0) is 0 Å². The lowest BCUT2D eigenvalue weighted by Gasteiger charge is -1.99. The van der Waals surface area contributed by atoms with Crippen molar-refractivity contribution in [1.29, 1.82) is 0 Å². The predicted octanol–water partition coefficient (Wildman–Crippen LogP) is 3.36. The number of nitro groups is 1. The molecule has 3 rings (SSSR count). The molecule has 2 aromatic carbocycles. The summed E-state index contributed by atoms with van der Waals surface area (Å²) in [6.45, 7) is 0. The molecule has 0 radical (unpaired) electrons. The molecular weight excluding hydrogens is 270 g/mol. The Bertz CT molecular complexity index is 811. The summed E-state index contributed by atoms with van der Waals surface area (Å²) < 4.78 is 0. The lowest BCUT2D eigenvalue weighted by Crippen LogP contribution is -1.88. The second-order valence-electron chi connectivity index (χ2n) is 4.49. The molecule has 0 fully saturated rings. The molecule has 1 heterocycles. The summed E-state index contributed by atoms with van der Waals surface area (Å²) in [5.74, 6) is 0.145. The van der Waals surface area contributed by atoms with Crippen molar-refractivity contribution in [1.82, 2.24) is 10.2 Å². The lowest BCUT2D eigenvalue weighted by atomic mass is 10.1. The van der Waals surface area contributed by atoms with Crippen LogP contribution in [0.2, 0.25) is 0 Å². The van der Waals surface area contributed by atoms with Gasteiger partial charge in [0.1, 0.15) is 5.75 Å². The molecule has 0 aliphatic rings. The quantitative estimate of drug-likeness (QED) is 0.568. The smallest absolute Gasteiger partial charge is 0.270 e. The molecule has 1 aromatic heterocycles. The third kappa shape index (κ3) is 2.46. The third-order valence-corrected chi connectivity index (χ3v) is 3.12. The summed E-state index contributed by atoms with van der Waals surface area (Å²) in [6.07, 6.45) is 0. The van der Waals surface area contributed by atoms with E-state index in [0.717, 1.165) is 0 Å². The molecule has 2 N–H and O–H groups in total. The number of phenols is 1. The van der Waals surface area contributed by atoms with Gasteiger partial charge in [-0.05, 0) is 18.2 Å². The van der Waals surface area contributed by atoms with Gasteiger partial charge in [0.2, 0.25) is 0 Å². The van der Waals surface area contributed by atoms with Crippen LogP contribution in [0.5, 0.6) is 5.75 Å². The van der Waals surface area contributed by atoms with Gasteiger partial charge in [-0.2, -0.15) is 5.10 Å². The fraction of sp³-hybridized carbons (Fsp3) is 0.